The van der Waals surface area contributed by atoms with Crippen molar-refractivity contribution in [2.45, 2.75) is 40.2 Å². The smallest absolute Gasteiger partial charge is 0.238 e. The van der Waals surface area contributed by atoms with Crippen LogP contribution in [-0.2, 0) is 11.3 Å². The topological polar surface area (TPSA) is 32.3 Å². The van der Waals surface area contributed by atoms with Gasteiger partial charge in [0.15, 0.2) is 0 Å². The van der Waals surface area contributed by atoms with Gasteiger partial charge in [0.05, 0.1) is 6.54 Å². The van der Waals surface area contributed by atoms with Crippen LogP contribution in [0.25, 0.3) is 0 Å². The van der Waals surface area contributed by atoms with E-state index in [9.17, 15) is 4.79 Å². The van der Waals surface area contributed by atoms with Crippen molar-refractivity contribution in [3.05, 3.63) is 64.7 Å². The second-order valence-electron chi connectivity index (χ2n) is 6.94. The molecule has 0 radical (unpaired) electrons. The summed E-state index contributed by atoms with van der Waals surface area (Å²) in [6.45, 7) is 9.56. The van der Waals surface area contributed by atoms with E-state index in [-0.39, 0.29) is 5.91 Å². The standard InChI is InChI=1S/C21H28N2O/c1-15(2)19-10-8-18(9-11-19)13-23(5)14-21(24)22-20-12-16(3)6-7-17(20)4/h6-12,15H,13-14H2,1-5H3,(H,22,24). The second kappa shape index (κ2) is 8.11. The molecule has 0 aliphatic rings. The number of hydrogen-bond acceptors (Lipinski definition) is 2. The minimum atomic E-state index is 0.0185. The first-order valence-electron chi connectivity index (χ1n) is 8.49. The minimum Gasteiger partial charge on any atom is -0.325 e. The average molecular weight is 324 g/mol. The maximum atomic E-state index is 12.3. The van der Waals surface area contributed by atoms with Crippen molar-refractivity contribution in [3.8, 4) is 0 Å². The van der Waals surface area contributed by atoms with Gasteiger partial charge in [-0.1, -0.05) is 50.2 Å². The van der Waals surface area contributed by atoms with Crippen molar-refractivity contribution in [1.82, 2.24) is 4.90 Å². The number of hydrogen-bond donors (Lipinski definition) is 1. The fraction of sp³-hybridized carbons (Fsp3) is 0.381. The first-order chi connectivity index (χ1) is 11.3. The fourth-order valence-corrected chi connectivity index (χ4v) is 2.68. The second-order valence-corrected chi connectivity index (χ2v) is 6.94. The van der Waals surface area contributed by atoms with Gasteiger partial charge in [-0.25, -0.2) is 0 Å². The van der Waals surface area contributed by atoms with Gasteiger partial charge >= 0.3 is 0 Å². The van der Waals surface area contributed by atoms with E-state index in [0.717, 1.165) is 23.4 Å². The molecule has 24 heavy (non-hydrogen) atoms. The molecule has 0 bridgehead atoms. The highest BCUT2D eigenvalue weighted by Crippen LogP contribution is 2.17. The Morgan fingerprint density at radius 1 is 1.08 bits per heavy atom. The zero-order valence-electron chi connectivity index (χ0n) is 15.4. The van der Waals surface area contributed by atoms with E-state index in [4.69, 9.17) is 0 Å². The molecule has 3 nitrogen and oxygen atoms in total. The molecule has 1 amide bonds. The predicted molar refractivity (Wildman–Crippen MR) is 101 cm³/mol. The Morgan fingerprint density at radius 2 is 1.75 bits per heavy atom. The van der Waals surface area contributed by atoms with Crippen LogP contribution in [0.3, 0.4) is 0 Å². The Bertz CT molecular complexity index is 689. The van der Waals surface area contributed by atoms with Crippen molar-refractivity contribution in [1.29, 1.82) is 0 Å². The molecule has 0 spiro atoms. The molecule has 0 aliphatic carbocycles. The van der Waals surface area contributed by atoms with Crippen molar-refractivity contribution >= 4 is 11.6 Å². The Kier molecular flexibility index (Phi) is 6.16. The first-order valence-corrected chi connectivity index (χ1v) is 8.49. The van der Waals surface area contributed by atoms with Gasteiger partial charge in [-0.3, -0.25) is 9.69 Å². The lowest BCUT2D eigenvalue weighted by Gasteiger charge is -2.17. The highest BCUT2D eigenvalue weighted by Gasteiger charge is 2.09. The highest BCUT2D eigenvalue weighted by molar-refractivity contribution is 5.93. The van der Waals surface area contributed by atoms with E-state index < -0.39 is 0 Å². The number of amides is 1. The normalized spacial score (nSPS) is 11.1. The number of carbonyl (C=O) groups excluding carboxylic acids is 1. The molecule has 3 heteroatoms. The number of likely N-dealkylation sites (N-methyl/N-ethyl adjacent to an activating group) is 1. The third-order valence-electron chi connectivity index (χ3n) is 4.18. The van der Waals surface area contributed by atoms with Crippen LogP contribution >= 0.6 is 0 Å². The highest BCUT2D eigenvalue weighted by atomic mass is 16.2. The average Bonchev–Trinajstić information content (AvgIpc) is 2.51. The van der Waals surface area contributed by atoms with Gasteiger partial charge in [-0.15, -0.1) is 0 Å². The summed E-state index contributed by atoms with van der Waals surface area (Å²) in [4.78, 5) is 14.3. The van der Waals surface area contributed by atoms with E-state index in [1.54, 1.807) is 0 Å². The Balaban J connectivity index is 1.90. The summed E-state index contributed by atoms with van der Waals surface area (Å²) in [6.07, 6.45) is 0. The summed E-state index contributed by atoms with van der Waals surface area (Å²) in [6, 6.07) is 14.7. The van der Waals surface area contributed by atoms with E-state index >= 15 is 0 Å². The number of nitrogens with one attached hydrogen (secondary N) is 1. The molecule has 0 saturated carbocycles. The number of aryl methyl sites for hydroxylation is 2. The molecule has 1 N–H and O–H groups in total. The largest absolute Gasteiger partial charge is 0.325 e. The SMILES string of the molecule is Cc1ccc(C)c(NC(=O)CN(C)Cc2ccc(C(C)C)cc2)c1. The van der Waals surface area contributed by atoms with Crippen LogP contribution in [0.2, 0.25) is 0 Å². The predicted octanol–water partition coefficient (Wildman–Crippen LogP) is 4.50. The molecule has 0 atom stereocenters. The molecule has 2 aromatic carbocycles. The lowest BCUT2D eigenvalue weighted by Crippen LogP contribution is -2.30. The Labute approximate surface area is 145 Å². The van der Waals surface area contributed by atoms with Crippen molar-refractivity contribution in [2.75, 3.05) is 18.9 Å². The molecule has 2 aromatic rings. The molecular weight excluding hydrogens is 296 g/mol. The van der Waals surface area contributed by atoms with E-state index in [1.807, 2.05) is 37.9 Å². The van der Waals surface area contributed by atoms with Crippen LogP contribution in [0.5, 0.6) is 0 Å². The number of carbonyl (C=O) groups is 1. The third kappa shape index (κ3) is 5.20. The molecule has 0 heterocycles. The Morgan fingerprint density at radius 3 is 2.38 bits per heavy atom. The van der Waals surface area contributed by atoms with Gasteiger partial charge in [0.2, 0.25) is 5.91 Å². The number of benzene rings is 2. The van der Waals surface area contributed by atoms with E-state index in [0.29, 0.717) is 12.5 Å². The zero-order chi connectivity index (χ0) is 17.7. The monoisotopic (exact) mass is 324 g/mol. The lowest BCUT2D eigenvalue weighted by molar-refractivity contribution is -0.117. The summed E-state index contributed by atoms with van der Waals surface area (Å²) >= 11 is 0. The summed E-state index contributed by atoms with van der Waals surface area (Å²) in [5, 5.41) is 3.01. The maximum Gasteiger partial charge on any atom is 0.238 e. The summed E-state index contributed by atoms with van der Waals surface area (Å²) in [5.74, 6) is 0.560. The quantitative estimate of drug-likeness (QED) is 0.848. The Hall–Kier alpha value is -2.13. The van der Waals surface area contributed by atoms with Crippen LogP contribution < -0.4 is 5.32 Å². The summed E-state index contributed by atoms with van der Waals surface area (Å²) < 4.78 is 0. The maximum absolute atomic E-state index is 12.3. The number of rotatable bonds is 6. The zero-order valence-corrected chi connectivity index (χ0v) is 15.4. The van der Waals surface area contributed by atoms with Crippen molar-refractivity contribution in [2.24, 2.45) is 0 Å². The van der Waals surface area contributed by atoms with E-state index in [2.05, 4.69) is 49.5 Å². The van der Waals surface area contributed by atoms with Gasteiger partial charge in [0.25, 0.3) is 0 Å². The van der Waals surface area contributed by atoms with Crippen LogP contribution in [0.15, 0.2) is 42.5 Å². The molecule has 0 aromatic heterocycles. The molecule has 2 rings (SSSR count). The molecule has 0 unspecified atom stereocenters. The fourth-order valence-electron chi connectivity index (χ4n) is 2.68. The van der Waals surface area contributed by atoms with Gasteiger partial charge in [-0.2, -0.15) is 0 Å². The number of nitrogens with zero attached hydrogens (tertiary/aromatic N) is 1. The number of anilines is 1. The lowest BCUT2D eigenvalue weighted by atomic mass is 10.0. The minimum absolute atomic E-state index is 0.0185. The molecular formula is C21H28N2O. The molecule has 0 fully saturated rings. The van der Waals surface area contributed by atoms with Crippen LogP contribution in [0.4, 0.5) is 5.69 Å². The summed E-state index contributed by atoms with van der Waals surface area (Å²) in [7, 11) is 1.97. The molecule has 128 valence electrons. The van der Waals surface area contributed by atoms with Crippen LogP contribution in [-0.4, -0.2) is 24.4 Å². The van der Waals surface area contributed by atoms with Crippen molar-refractivity contribution < 1.29 is 4.79 Å². The van der Waals surface area contributed by atoms with Gasteiger partial charge in [0, 0.05) is 12.2 Å². The van der Waals surface area contributed by atoms with E-state index in [1.165, 1.54) is 11.1 Å². The van der Waals surface area contributed by atoms with Gasteiger partial charge < -0.3 is 5.32 Å². The molecule has 0 aliphatic heterocycles. The first kappa shape index (κ1) is 18.2. The third-order valence-corrected chi connectivity index (χ3v) is 4.18. The van der Waals surface area contributed by atoms with Crippen LogP contribution in [0, 0.1) is 13.8 Å². The van der Waals surface area contributed by atoms with Crippen LogP contribution in [0.1, 0.15) is 42.0 Å². The summed E-state index contributed by atoms with van der Waals surface area (Å²) in [5.41, 5.74) is 5.69. The van der Waals surface area contributed by atoms with Gasteiger partial charge in [0.1, 0.15) is 0 Å². The van der Waals surface area contributed by atoms with Crippen molar-refractivity contribution in [3.63, 3.8) is 0 Å². The molecule has 0 saturated heterocycles. The van der Waals surface area contributed by atoms with Gasteiger partial charge in [-0.05, 0) is 55.1 Å².